The van der Waals surface area contributed by atoms with E-state index < -0.39 is 0 Å². The van der Waals surface area contributed by atoms with Gasteiger partial charge in [0.2, 0.25) is 0 Å². The maximum atomic E-state index is 13.0. The molecule has 0 heterocycles. The molecule has 6 atom stereocenters. The molecule has 0 aromatic carbocycles. The van der Waals surface area contributed by atoms with Crippen molar-refractivity contribution in [2.45, 2.75) is 92.0 Å². The lowest BCUT2D eigenvalue weighted by Gasteiger charge is -2.58. The molecular weight excluding hydrogens is 488 g/mol. The van der Waals surface area contributed by atoms with Crippen molar-refractivity contribution in [2.75, 3.05) is 47.3 Å². The zero-order chi connectivity index (χ0) is 28.6. The van der Waals surface area contributed by atoms with Crippen LogP contribution in [0.25, 0.3) is 0 Å². The molecule has 4 rings (SSSR count). The van der Waals surface area contributed by atoms with Gasteiger partial charge in [0, 0.05) is 38.0 Å². The number of hydrogen-bond acceptors (Lipinski definition) is 5. The Hall–Kier alpha value is -1.73. The Morgan fingerprint density at radius 1 is 1.10 bits per heavy atom. The summed E-state index contributed by atoms with van der Waals surface area (Å²) in [5.41, 5.74) is 2.82. The third-order valence-electron chi connectivity index (χ3n) is 11.1. The molecule has 4 aliphatic rings. The lowest BCUT2D eigenvalue weighted by molar-refractivity contribution is -0.869. The Bertz CT molecular complexity index is 982. The molecule has 0 radical (unpaired) electrons. The van der Waals surface area contributed by atoms with Crippen LogP contribution in [0.2, 0.25) is 0 Å². The standard InChI is InChI=1S/C32H55N4O3/c1-22(2)35(19-17-33-18-20-36(6,7)8)30(38)39-34-23(3)27-11-12-28-26-10-9-24-21-25(37)13-15-31(24,4)29(26)14-16-32(27,28)5/h21-22,26-29,33H,9-20H2,1-8H3/q+1/b34-23+/t26-,27+,28-,29-,31-,32+/m0/s1. The number of hydrogen-bond donors (Lipinski definition) is 1. The zero-order valence-electron chi connectivity index (χ0n) is 26.0. The molecule has 3 saturated carbocycles. The Morgan fingerprint density at radius 2 is 1.85 bits per heavy atom. The van der Waals surface area contributed by atoms with E-state index in [1.54, 1.807) is 4.90 Å². The van der Waals surface area contributed by atoms with E-state index in [2.05, 4.69) is 52.4 Å². The van der Waals surface area contributed by atoms with Gasteiger partial charge in [-0.3, -0.25) is 9.63 Å². The van der Waals surface area contributed by atoms with Gasteiger partial charge in [0.05, 0.1) is 33.4 Å². The summed E-state index contributed by atoms with van der Waals surface area (Å²) in [5, 5.41) is 7.92. The van der Waals surface area contributed by atoms with Crippen molar-refractivity contribution in [2.24, 2.45) is 39.7 Å². The van der Waals surface area contributed by atoms with E-state index in [0.717, 1.165) is 55.0 Å². The minimum absolute atomic E-state index is 0.0542. The van der Waals surface area contributed by atoms with Crippen LogP contribution in [-0.4, -0.2) is 80.3 Å². The maximum Gasteiger partial charge on any atom is 0.436 e. The fourth-order valence-corrected chi connectivity index (χ4v) is 8.77. The van der Waals surface area contributed by atoms with Crippen molar-refractivity contribution < 1.29 is 18.9 Å². The second-order valence-electron chi connectivity index (χ2n) is 14.8. The first kappa shape index (κ1) is 30.2. The van der Waals surface area contributed by atoms with Crippen LogP contribution >= 0.6 is 0 Å². The number of nitrogens with zero attached hydrogens (tertiary/aromatic N) is 3. The molecule has 220 valence electrons. The molecule has 3 fully saturated rings. The van der Waals surface area contributed by atoms with Gasteiger partial charge in [-0.05, 0) is 100 Å². The number of rotatable bonds is 9. The second-order valence-corrected chi connectivity index (χ2v) is 14.8. The highest BCUT2D eigenvalue weighted by molar-refractivity contribution is 5.91. The fourth-order valence-electron chi connectivity index (χ4n) is 8.77. The summed E-state index contributed by atoms with van der Waals surface area (Å²) in [6, 6.07) is 0.0542. The SMILES string of the molecule is C/C(=N\OC(=O)N(CCNCC[N+](C)(C)C)C(C)C)[C@H]1CC[C@H]2[C@@H]3CCC4=CC(=O)CC[C@]4(C)[C@H]3CC[C@]12C. The normalized spacial score (nSPS) is 34.7. The van der Waals surface area contributed by atoms with Gasteiger partial charge >= 0.3 is 6.09 Å². The van der Waals surface area contributed by atoms with Crippen molar-refractivity contribution in [3.63, 3.8) is 0 Å². The molecule has 0 spiro atoms. The van der Waals surface area contributed by atoms with Crippen LogP contribution in [0.3, 0.4) is 0 Å². The first-order valence-corrected chi connectivity index (χ1v) is 15.5. The van der Waals surface area contributed by atoms with Gasteiger partial charge in [0.25, 0.3) is 0 Å². The van der Waals surface area contributed by atoms with Gasteiger partial charge in [-0.1, -0.05) is 24.6 Å². The van der Waals surface area contributed by atoms with Gasteiger partial charge in [-0.2, -0.15) is 0 Å². The van der Waals surface area contributed by atoms with Gasteiger partial charge in [-0.25, -0.2) is 4.79 Å². The fraction of sp³-hybridized carbons (Fsp3) is 0.844. The highest BCUT2D eigenvalue weighted by Gasteiger charge is 2.59. The summed E-state index contributed by atoms with van der Waals surface area (Å²) in [7, 11) is 6.54. The molecular formula is C32H55N4O3+. The molecule has 0 unspecified atom stereocenters. The summed E-state index contributed by atoms with van der Waals surface area (Å²) in [4.78, 5) is 32.5. The summed E-state index contributed by atoms with van der Waals surface area (Å²) in [6.45, 7) is 14.3. The van der Waals surface area contributed by atoms with E-state index in [0.29, 0.717) is 36.5 Å². The number of ketones is 1. The molecule has 0 aromatic rings. The molecule has 39 heavy (non-hydrogen) atoms. The number of fused-ring (bicyclic) bond motifs is 5. The number of carbonyl (C=O) groups excluding carboxylic acids is 2. The Balaban J connectivity index is 1.36. The summed E-state index contributed by atoms with van der Waals surface area (Å²) in [5.74, 6) is 2.78. The van der Waals surface area contributed by atoms with Crippen LogP contribution < -0.4 is 5.32 Å². The van der Waals surface area contributed by atoms with Crippen LogP contribution in [0, 0.1) is 34.5 Å². The minimum atomic E-state index is -0.354. The zero-order valence-corrected chi connectivity index (χ0v) is 26.0. The van der Waals surface area contributed by atoms with E-state index in [1.165, 1.54) is 31.3 Å². The van der Waals surface area contributed by atoms with Gasteiger partial charge < -0.3 is 14.7 Å². The first-order valence-electron chi connectivity index (χ1n) is 15.5. The third kappa shape index (κ3) is 6.29. The second kappa shape index (κ2) is 11.6. The van der Waals surface area contributed by atoms with Crippen LogP contribution in [0.1, 0.15) is 86.0 Å². The lowest BCUT2D eigenvalue weighted by Crippen LogP contribution is -2.51. The third-order valence-corrected chi connectivity index (χ3v) is 11.1. The monoisotopic (exact) mass is 543 g/mol. The number of carbonyl (C=O) groups is 2. The number of allylic oxidation sites excluding steroid dienone is 1. The summed E-state index contributed by atoms with van der Waals surface area (Å²) in [6.07, 6.45) is 10.5. The van der Waals surface area contributed by atoms with Crippen LogP contribution in [0.4, 0.5) is 4.79 Å². The Kier molecular flexibility index (Phi) is 9.02. The van der Waals surface area contributed by atoms with E-state index >= 15 is 0 Å². The highest BCUT2D eigenvalue weighted by atomic mass is 16.7. The molecule has 0 aliphatic heterocycles. The van der Waals surface area contributed by atoms with Gasteiger partial charge in [0.15, 0.2) is 5.78 Å². The topological polar surface area (TPSA) is 71.0 Å². The van der Waals surface area contributed by atoms with E-state index in [1.807, 2.05) is 19.9 Å². The number of quaternary nitrogens is 1. The molecule has 1 N–H and O–H groups in total. The number of nitrogens with one attached hydrogen (secondary N) is 1. The smallest absolute Gasteiger partial charge is 0.330 e. The Morgan fingerprint density at radius 3 is 2.54 bits per heavy atom. The maximum absolute atomic E-state index is 13.0. The lowest BCUT2D eigenvalue weighted by atomic mass is 9.46. The molecule has 4 aliphatic carbocycles. The molecule has 0 saturated heterocycles. The van der Waals surface area contributed by atoms with Crippen LogP contribution in [0.15, 0.2) is 16.8 Å². The predicted octanol–water partition coefficient (Wildman–Crippen LogP) is 5.65. The Labute approximate surface area is 237 Å². The molecule has 1 amide bonds. The molecule has 7 nitrogen and oxygen atoms in total. The van der Waals surface area contributed by atoms with Crippen molar-refractivity contribution in [3.05, 3.63) is 11.6 Å². The molecule has 0 bridgehead atoms. The largest absolute Gasteiger partial charge is 0.436 e. The van der Waals surface area contributed by atoms with E-state index in [9.17, 15) is 9.59 Å². The van der Waals surface area contributed by atoms with Crippen molar-refractivity contribution in [1.29, 1.82) is 0 Å². The first-order chi connectivity index (χ1) is 18.3. The summed E-state index contributed by atoms with van der Waals surface area (Å²) >= 11 is 0. The van der Waals surface area contributed by atoms with Gasteiger partial charge in [0.1, 0.15) is 0 Å². The van der Waals surface area contributed by atoms with E-state index in [4.69, 9.17) is 4.84 Å². The van der Waals surface area contributed by atoms with E-state index in [-0.39, 0.29) is 23.0 Å². The molecule has 7 heteroatoms. The number of oxime groups is 1. The number of amides is 1. The quantitative estimate of drug-likeness (QED) is 0.134. The average Bonchev–Trinajstić information content (AvgIpc) is 3.21. The van der Waals surface area contributed by atoms with Crippen molar-refractivity contribution in [1.82, 2.24) is 10.2 Å². The average molecular weight is 544 g/mol. The van der Waals surface area contributed by atoms with Crippen molar-refractivity contribution in [3.8, 4) is 0 Å². The van der Waals surface area contributed by atoms with Crippen LogP contribution in [-0.2, 0) is 9.63 Å². The molecule has 0 aromatic heterocycles. The van der Waals surface area contributed by atoms with Gasteiger partial charge in [-0.15, -0.1) is 0 Å². The van der Waals surface area contributed by atoms with Crippen molar-refractivity contribution >= 4 is 17.6 Å². The predicted molar refractivity (Wildman–Crippen MR) is 157 cm³/mol. The summed E-state index contributed by atoms with van der Waals surface area (Å²) < 4.78 is 0.914. The highest BCUT2D eigenvalue weighted by Crippen LogP contribution is 2.66. The number of likely N-dealkylation sites (N-methyl/N-ethyl adjacent to an activating group) is 1. The minimum Gasteiger partial charge on any atom is -0.330 e. The van der Waals surface area contributed by atoms with Crippen LogP contribution in [0.5, 0.6) is 0 Å².